The highest BCUT2D eigenvalue weighted by atomic mass is 35.5. The minimum atomic E-state index is -0.150. The van der Waals surface area contributed by atoms with E-state index >= 15 is 0 Å². The summed E-state index contributed by atoms with van der Waals surface area (Å²) in [5, 5.41) is 4.10. The van der Waals surface area contributed by atoms with Crippen molar-refractivity contribution in [1.82, 2.24) is 5.32 Å². The first kappa shape index (κ1) is 15.8. The molecule has 0 heterocycles. The van der Waals surface area contributed by atoms with Gasteiger partial charge < -0.3 is 5.32 Å². The number of benzene rings is 1. The first-order chi connectivity index (χ1) is 9.72. The quantitative estimate of drug-likeness (QED) is 0.742. The maximum Gasteiger partial charge on any atom is 0.127 e. The van der Waals surface area contributed by atoms with E-state index in [1.807, 2.05) is 0 Å². The molecule has 1 aliphatic carbocycles. The Balaban J connectivity index is 2.01. The molecule has 1 fully saturated rings. The van der Waals surface area contributed by atoms with Crippen molar-refractivity contribution >= 4 is 11.6 Å². The lowest BCUT2D eigenvalue weighted by Gasteiger charge is -2.32. The summed E-state index contributed by atoms with van der Waals surface area (Å²) in [4.78, 5) is 0. The van der Waals surface area contributed by atoms with E-state index in [1.54, 1.807) is 12.1 Å². The van der Waals surface area contributed by atoms with Crippen LogP contribution >= 0.6 is 11.6 Å². The van der Waals surface area contributed by atoms with Crippen molar-refractivity contribution in [2.24, 2.45) is 11.8 Å². The summed E-state index contributed by atoms with van der Waals surface area (Å²) in [6.45, 7) is 4.32. The molecule has 1 aromatic carbocycles. The van der Waals surface area contributed by atoms with Gasteiger partial charge in [-0.05, 0) is 62.7 Å². The Kier molecular flexibility index (Phi) is 6.31. The van der Waals surface area contributed by atoms with Crippen LogP contribution in [0.3, 0.4) is 0 Å². The minimum Gasteiger partial charge on any atom is -0.316 e. The maximum atomic E-state index is 13.9. The van der Waals surface area contributed by atoms with Crippen molar-refractivity contribution in [3.8, 4) is 0 Å². The van der Waals surface area contributed by atoms with Crippen LogP contribution in [0.1, 0.15) is 44.6 Å². The molecule has 0 spiro atoms. The van der Waals surface area contributed by atoms with Crippen LogP contribution in [0.25, 0.3) is 0 Å². The highest BCUT2D eigenvalue weighted by Crippen LogP contribution is 2.34. The summed E-state index contributed by atoms with van der Waals surface area (Å²) < 4.78 is 13.9. The van der Waals surface area contributed by atoms with Gasteiger partial charge in [-0.15, -0.1) is 0 Å². The molecule has 0 amide bonds. The normalized spacial score (nSPS) is 22.9. The second-order valence-electron chi connectivity index (χ2n) is 5.91. The number of nitrogens with one attached hydrogen (secondary N) is 1. The Morgan fingerprint density at radius 2 is 2.00 bits per heavy atom. The largest absolute Gasteiger partial charge is 0.316 e. The van der Waals surface area contributed by atoms with Crippen molar-refractivity contribution in [3.63, 3.8) is 0 Å². The first-order valence-corrected chi connectivity index (χ1v) is 8.23. The predicted octanol–water partition coefficient (Wildman–Crippen LogP) is 4.83. The van der Waals surface area contributed by atoms with Crippen LogP contribution in [0.2, 0.25) is 5.02 Å². The molecule has 2 atom stereocenters. The lowest BCUT2D eigenvalue weighted by atomic mass is 9.76. The first-order valence-electron chi connectivity index (χ1n) is 7.86. The van der Waals surface area contributed by atoms with Gasteiger partial charge in [0.1, 0.15) is 5.82 Å². The fourth-order valence-electron chi connectivity index (χ4n) is 3.28. The van der Waals surface area contributed by atoms with Crippen molar-refractivity contribution in [2.45, 2.75) is 45.4 Å². The Bertz CT molecular complexity index is 401. The summed E-state index contributed by atoms with van der Waals surface area (Å²) in [5.41, 5.74) is 0.710. The number of rotatable bonds is 6. The van der Waals surface area contributed by atoms with Gasteiger partial charge in [0.25, 0.3) is 0 Å². The highest BCUT2D eigenvalue weighted by molar-refractivity contribution is 6.31. The lowest BCUT2D eigenvalue weighted by Crippen LogP contribution is -2.32. The Labute approximate surface area is 126 Å². The zero-order valence-corrected chi connectivity index (χ0v) is 13.1. The molecule has 2 unspecified atom stereocenters. The predicted molar refractivity (Wildman–Crippen MR) is 83.7 cm³/mol. The molecule has 0 bridgehead atoms. The third kappa shape index (κ3) is 4.20. The Morgan fingerprint density at radius 1 is 1.25 bits per heavy atom. The molecule has 1 saturated carbocycles. The molecule has 0 aromatic heterocycles. The van der Waals surface area contributed by atoms with Gasteiger partial charge in [0, 0.05) is 10.6 Å². The summed E-state index contributed by atoms with van der Waals surface area (Å²) in [7, 11) is 0. The standard InChI is InChI=1S/C17H25ClFN/c1-2-10-20-12-14-7-4-3-6-13(14)11-15-16(18)8-5-9-17(15)19/h5,8-9,13-14,20H,2-4,6-7,10-12H2,1H3. The summed E-state index contributed by atoms with van der Waals surface area (Å²) >= 11 is 6.17. The highest BCUT2D eigenvalue weighted by Gasteiger charge is 2.26. The number of halogens is 2. The molecule has 112 valence electrons. The minimum absolute atomic E-state index is 0.150. The molecule has 1 aromatic rings. The van der Waals surface area contributed by atoms with Gasteiger partial charge in [0.05, 0.1) is 0 Å². The SMILES string of the molecule is CCCNCC1CCCCC1Cc1c(F)cccc1Cl. The molecule has 0 aliphatic heterocycles. The van der Waals surface area contributed by atoms with Crippen LogP contribution < -0.4 is 5.32 Å². The number of hydrogen-bond donors (Lipinski definition) is 1. The maximum absolute atomic E-state index is 13.9. The molecule has 20 heavy (non-hydrogen) atoms. The van der Waals surface area contributed by atoms with Crippen LogP contribution in [0.4, 0.5) is 4.39 Å². The molecule has 1 aliphatic rings. The van der Waals surface area contributed by atoms with Gasteiger partial charge >= 0.3 is 0 Å². The van der Waals surface area contributed by atoms with Crippen LogP contribution in [0.5, 0.6) is 0 Å². The molecular formula is C17H25ClFN. The second kappa shape index (κ2) is 7.99. The molecular weight excluding hydrogens is 273 g/mol. The Hall–Kier alpha value is -0.600. The van der Waals surface area contributed by atoms with E-state index in [4.69, 9.17) is 11.6 Å². The monoisotopic (exact) mass is 297 g/mol. The van der Waals surface area contributed by atoms with E-state index in [-0.39, 0.29) is 5.82 Å². The van der Waals surface area contributed by atoms with E-state index in [1.165, 1.54) is 31.7 Å². The van der Waals surface area contributed by atoms with Crippen LogP contribution in [0.15, 0.2) is 18.2 Å². The zero-order chi connectivity index (χ0) is 14.4. The van der Waals surface area contributed by atoms with Gasteiger partial charge in [0.2, 0.25) is 0 Å². The van der Waals surface area contributed by atoms with E-state index < -0.39 is 0 Å². The van der Waals surface area contributed by atoms with Gasteiger partial charge in [-0.2, -0.15) is 0 Å². The van der Waals surface area contributed by atoms with E-state index in [0.29, 0.717) is 22.4 Å². The fraction of sp³-hybridized carbons (Fsp3) is 0.647. The molecule has 0 saturated heterocycles. The topological polar surface area (TPSA) is 12.0 Å². The van der Waals surface area contributed by atoms with Crippen LogP contribution in [-0.2, 0) is 6.42 Å². The average molecular weight is 298 g/mol. The van der Waals surface area contributed by atoms with E-state index in [0.717, 1.165) is 25.9 Å². The fourth-order valence-corrected chi connectivity index (χ4v) is 3.52. The van der Waals surface area contributed by atoms with Crippen LogP contribution in [-0.4, -0.2) is 13.1 Å². The second-order valence-corrected chi connectivity index (χ2v) is 6.32. The molecule has 2 rings (SSSR count). The number of hydrogen-bond acceptors (Lipinski definition) is 1. The molecule has 1 nitrogen and oxygen atoms in total. The van der Waals surface area contributed by atoms with Gasteiger partial charge in [-0.1, -0.05) is 37.4 Å². The molecule has 0 radical (unpaired) electrons. The van der Waals surface area contributed by atoms with Crippen molar-refractivity contribution in [3.05, 3.63) is 34.6 Å². The van der Waals surface area contributed by atoms with Crippen molar-refractivity contribution in [2.75, 3.05) is 13.1 Å². The Morgan fingerprint density at radius 3 is 2.70 bits per heavy atom. The van der Waals surface area contributed by atoms with E-state index in [2.05, 4.69) is 12.2 Å². The summed E-state index contributed by atoms with van der Waals surface area (Å²) in [6, 6.07) is 5.00. The third-order valence-corrected chi connectivity index (χ3v) is 4.78. The summed E-state index contributed by atoms with van der Waals surface area (Å²) in [5.74, 6) is 1.07. The smallest absolute Gasteiger partial charge is 0.127 e. The molecule has 1 N–H and O–H groups in total. The summed E-state index contributed by atoms with van der Waals surface area (Å²) in [6.07, 6.45) is 6.97. The van der Waals surface area contributed by atoms with Gasteiger partial charge in [-0.25, -0.2) is 4.39 Å². The van der Waals surface area contributed by atoms with Crippen LogP contribution in [0, 0.1) is 17.7 Å². The van der Waals surface area contributed by atoms with E-state index in [9.17, 15) is 4.39 Å². The van der Waals surface area contributed by atoms with Gasteiger partial charge in [0.15, 0.2) is 0 Å². The average Bonchev–Trinajstić information content (AvgIpc) is 2.45. The van der Waals surface area contributed by atoms with Crippen molar-refractivity contribution < 1.29 is 4.39 Å². The van der Waals surface area contributed by atoms with Gasteiger partial charge in [-0.3, -0.25) is 0 Å². The lowest BCUT2D eigenvalue weighted by molar-refractivity contribution is 0.227. The third-order valence-electron chi connectivity index (χ3n) is 4.43. The molecule has 3 heteroatoms. The van der Waals surface area contributed by atoms with Crippen molar-refractivity contribution in [1.29, 1.82) is 0 Å². The zero-order valence-electron chi connectivity index (χ0n) is 12.3.